The molecule has 1 aliphatic rings. The molecular formula is C24H26N4O3S. The quantitative estimate of drug-likeness (QED) is 0.444. The lowest BCUT2D eigenvalue weighted by atomic mass is 10.1. The van der Waals surface area contributed by atoms with Gasteiger partial charge in [-0.2, -0.15) is 4.31 Å². The molecule has 1 aliphatic heterocycles. The Morgan fingerprint density at radius 2 is 1.62 bits per heavy atom. The lowest BCUT2D eigenvalue weighted by molar-refractivity contribution is -0.132. The van der Waals surface area contributed by atoms with Gasteiger partial charge in [0.05, 0.1) is 4.90 Å². The molecule has 166 valence electrons. The Balaban J connectivity index is 1.36. The SMILES string of the molecule is N=C(N)c1cccc(CCC(=O)N2CCN(S(=O)(=O)c3ccc4ccccc4c3)CC2)c1. The number of hydrogen-bond donors (Lipinski definition) is 2. The summed E-state index contributed by atoms with van der Waals surface area (Å²) >= 11 is 0. The van der Waals surface area contributed by atoms with Crippen molar-refractivity contribution in [1.82, 2.24) is 9.21 Å². The van der Waals surface area contributed by atoms with Gasteiger partial charge < -0.3 is 10.6 Å². The Morgan fingerprint density at radius 3 is 2.34 bits per heavy atom. The van der Waals surface area contributed by atoms with Gasteiger partial charge in [-0.25, -0.2) is 8.42 Å². The number of amides is 1. The van der Waals surface area contributed by atoms with Crippen LogP contribution in [0.3, 0.4) is 0 Å². The Hall–Kier alpha value is -3.23. The highest BCUT2D eigenvalue weighted by atomic mass is 32.2. The van der Waals surface area contributed by atoms with Gasteiger partial charge in [-0.15, -0.1) is 0 Å². The van der Waals surface area contributed by atoms with E-state index in [-0.39, 0.29) is 29.7 Å². The minimum Gasteiger partial charge on any atom is -0.384 e. The fraction of sp³-hybridized carbons (Fsp3) is 0.250. The second-order valence-electron chi connectivity index (χ2n) is 7.91. The number of benzene rings is 3. The fourth-order valence-corrected chi connectivity index (χ4v) is 5.42. The number of aryl methyl sites for hydroxylation is 1. The smallest absolute Gasteiger partial charge is 0.243 e. The van der Waals surface area contributed by atoms with E-state index >= 15 is 0 Å². The number of carbonyl (C=O) groups excluding carboxylic acids is 1. The molecule has 1 heterocycles. The van der Waals surface area contributed by atoms with Crippen molar-refractivity contribution in [3.05, 3.63) is 77.9 Å². The molecule has 0 radical (unpaired) electrons. The van der Waals surface area contributed by atoms with E-state index < -0.39 is 10.0 Å². The number of nitrogen functional groups attached to an aromatic ring is 1. The molecule has 0 aromatic heterocycles. The van der Waals surface area contributed by atoms with E-state index in [1.165, 1.54) is 4.31 Å². The molecule has 8 heteroatoms. The Morgan fingerprint density at radius 1 is 0.906 bits per heavy atom. The average Bonchev–Trinajstić information content (AvgIpc) is 2.82. The lowest BCUT2D eigenvalue weighted by Gasteiger charge is -2.34. The molecule has 0 spiro atoms. The third-order valence-electron chi connectivity index (χ3n) is 5.82. The van der Waals surface area contributed by atoms with Crippen LogP contribution in [0.1, 0.15) is 17.5 Å². The number of rotatable bonds is 6. The van der Waals surface area contributed by atoms with Crippen molar-refractivity contribution < 1.29 is 13.2 Å². The summed E-state index contributed by atoms with van der Waals surface area (Å²) < 4.78 is 27.7. The first kappa shape index (κ1) is 22.0. The number of carbonyl (C=O) groups is 1. The number of nitrogens with zero attached hydrogens (tertiary/aromatic N) is 2. The Labute approximate surface area is 188 Å². The zero-order valence-electron chi connectivity index (χ0n) is 17.7. The summed E-state index contributed by atoms with van der Waals surface area (Å²) in [5, 5.41) is 9.41. The molecule has 1 saturated heterocycles. The van der Waals surface area contributed by atoms with Crippen LogP contribution in [0.15, 0.2) is 71.6 Å². The molecule has 32 heavy (non-hydrogen) atoms. The summed E-state index contributed by atoms with van der Waals surface area (Å²) in [5.41, 5.74) is 7.12. The molecule has 3 aromatic rings. The van der Waals surface area contributed by atoms with Crippen LogP contribution in [-0.2, 0) is 21.2 Å². The zero-order valence-corrected chi connectivity index (χ0v) is 18.5. The van der Waals surface area contributed by atoms with Gasteiger partial charge in [0.15, 0.2) is 0 Å². The average molecular weight is 451 g/mol. The number of fused-ring (bicyclic) bond motifs is 1. The maximum atomic E-state index is 13.1. The van der Waals surface area contributed by atoms with Crippen LogP contribution in [0.4, 0.5) is 0 Å². The molecule has 0 atom stereocenters. The summed E-state index contributed by atoms with van der Waals surface area (Å²) in [7, 11) is -3.61. The van der Waals surface area contributed by atoms with Crippen molar-refractivity contribution >= 4 is 32.5 Å². The van der Waals surface area contributed by atoms with Crippen LogP contribution in [0, 0.1) is 5.41 Å². The predicted octanol–water partition coefficient (Wildman–Crippen LogP) is 2.59. The molecule has 3 N–H and O–H groups in total. The number of nitrogens with two attached hydrogens (primary N) is 1. The van der Waals surface area contributed by atoms with Gasteiger partial charge in [0.1, 0.15) is 5.84 Å². The number of amidine groups is 1. The van der Waals surface area contributed by atoms with Crippen molar-refractivity contribution in [2.45, 2.75) is 17.7 Å². The van der Waals surface area contributed by atoms with E-state index in [0.29, 0.717) is 31.5 Å². The van der Waals surface area contributed by atoms with Gasteiger partial charge in [0.2, 0.25) is 15.9 Å². The third kappa shape index (κ3) is 4.66. The topological polar surface area (TPSA) is 108 Å². The molecule has 1 fully saturated rings. The van der Waals surface area contributed by atoms with Gasteiger partial charge in [-0.05, 0) is 41.0 Å². The molecule has 7 nitrogen and oxygen atoms in total. The highest BCUT2D eigenvalue weighted by Crippen LogP contribution is 2.23. The number of nitrogens with one attached hydrogen (secondary N) is 1. The minimum atomic E-state index is -3.61. The van der Waals surface area contributed by atoms with Crippen LogP contribution >= 0.6 is 0 Å². The van der Waals surface area contributed by atoms with E-state index in [1.807, 2.05) is 48.5 Å². The summed E-state index contributed by atoms with van der Waals surface area (Å²) in [4.78, 5) is 14.7. The first-order chi connectivity index (χ1) is 15.3. The van der Waals surface area contributed by atoms with Crippen LogP contribution in [-0.4, -0.2) is 55.5 Å². The summed E-state index contributed by atoms with van der Waals surface area (Å²) in [5.74, 6) is 0.00269. The summed E-state index contributed by atoms with van der Waals surface area (Å²) in [6.07, 6.45) is 0.883. The van der Waals surface area contributed by atoms with Crippen LogP contribution in [0.2, 0.25) is 0 Å². The minimum absolute atomic E-state index is 0.000908. The van der Waals surface area contributed by atoms with Gasteiger partial charge in [0.25, 0.3) is 0 Å². The first-order valence-corrected chi connectivity index (χ1v) is 12.0. The van der Waals surface area contributed by atoms with Gasteiger partial charge >= 0.3 is 0 Å². The fourth-order valence-electron chi connectivity index (χ4n) is 3.96. The van der Waals surface area contributed by atoms with Crippen molar-refractivity contribution in [2.75, 3.05) is 26.2 Å². The highest BCUT2D eigenvalue weighted by Gasteiger charge is 2.30. The molecule has 3 aromatic carbocycles. The van der Waals surface area contributed by atoms with E-state index in [1.54, 1.807) is 23.1 Å². The Kier molecular flexibility index (Phi) is 6.25. The number of sulfonamides is 1. The number of hydrogen-bond acceptors (Lipinski definition) is 4. The second-order valence-corrected chi connectivity index (χ2v) is 9.85. The molecule has 0 aliphatic carbocycles. The summed E-state index contributed by atoms with van der Waals surface area (Å²) in [6, 6.07) is 20.2. The summed E-state index contributed by atoms with van der Waals surface area (Å²) in [6.45, 7) is 1.31. The first-order valence-electron chi connectivity index (χ1n) is 10.5. The predicted molar refractivity (Wildman–Crippen MR) is 125 cm³/mol. The van der Waals surface area contributed by atoms with Gasteiger partial charge in [-0.3, -0.25) is 10.2 Å². The Bertz CT molecular complexity index is 1260. The van der Waals surface area contributed by atoms with Crippen LogP contribution < -0.4 is 5.73 Å². The monoisotopic (exact) mass is 450 g/mol. The lowest BCUT2D eigenvalue weighted by Crippen LogP contribution is -2.50. The standard InChI is InChI=1S/C24H26N4O3S/c25-24(26)21-7-3-4-18(16-21)8-11-23(29)27-12-14-28(15-13-27)32(30,31)22-10-9-19-5-1-2-6-20(19)17-22/h1-7,9-10,16-17H,8,11-15H2,(H3,25,26). The van der Waals surface area contributed by atoms with Gasteiger partial charge in [-0.1, -0.05) is 48.5 Å². The molecule has 1 amide bonds. The van der Waals surface area contributed by atoms with Crippen molar-refractivity contribution in [3.63, 3.8) is 0 Å². The molecule has 4 rings (SSSR count). The number of piperazine rings is 1. The van der Waals surface area contributed by atoms with Crippen molar-refractivity contribution in [2.24, 2.45) is 5.73 Å². The maximum absolute atomic E-state index is 13.1. The molecule has 0 saturated carbocycles. The van der Waals surface area contributed by atoms with E-state index in [2.05, 4.69) is 0 Å². The van der Waals surface area contributed by atoms with Crippen LogP contribution in [0.5, 0.6) is 0 Å². The van der Waals surface area contributed by atoms with E-state index in [0.717, 1.165) is 16.3 Å². The van der Waals surface area contributed by atoms with Gasteiger partial charge in [0, 0.05) is 38.2 Å². The van der Waals surface area contributed by atoms with Crippen LogP contribution in [0.25, 0.3) is 10.8 Å². The molecule has 0 unspecified atom stereocenters. The maximum Gasteiger partial charge on any atom is 0.243 e. The molecule has 0 bridgehead atoms. The normalized spacial score (nSPS) is 15.1. The highest BCUT2D eigenvalue weighted by molar-refractivity contribution is 7.89. The second kappa shape index (κ2) is 9.10. The third-order valence-corrected chi connectivity index (χ3v) is 7.71. The largest absolute Gasteiger partial charge is 0.384 e. The van der Waals surface area contributed by atoms with E-state index in [9.17, 15) is 13.2 Å². The van der Waals surface area contributed by atoms with Crippen molar-refractivity contribution in [1.29, 1.82) is 5.41 Å². The molecular weight excluding hydrogens is 424 g/mol. The zero-order chi connectivity index (χ0) is 22.7. The van der Waals surface area contributed by atoms with E-state index in [4.69, 9.17) is 11.1 Å². The van der Waals surface area contributed by atoms with Crippen molar-refractivity contribution in [3.8, 4) is 0 Å².